The molecular weight excluding hydrogens is 461 g/mol. The third kappa shape index (κ3) is 13.1. The van der Waals surface area contributed by atoms with Crippen LogP contribution < -0.4 is 4.74 Å². The number of carbonyl (C=O) groups is 2. The van der Waals surface area contributed by atoms with Crippen LogP contribution in [0.15, 0.2) is 66.8 Å². The molecule has 8 heteroatoms. The fourth-order valence-electron chi connectivity index (χ4n) is 2.62. The van der Waals surface area contributed by atoms with Gasteiger partial charge >= 0.3 is 18.1 Å². The summed E-state index contributed by atoms with van der Waals surface area (Å²) in [7, 11) is 0. The van der Waals surface area contributed by atoms with Crippen LogP contribution in [0.5, 0.6) is 5.75 Å². The lowest BCUT2D eigenvalue weighted by molar-refractivity contribution is -0.139. The van der Waals surface area contributed by atoms with Gasteiger partial charge in [-0.2, -0.15) is 13.2 Å². The van der Waals surface area contributed by atoms with Crippen molar-refractivity contribution >= 4 is 18.0 Å². The molecule has 0 saturated heterocycles. The monoisotopic (exact) mass is 492 g/mol. The van der Waals surface area contributed by atoms with E-state index in [2.05, 4.69) is 13.5 Å². The van der Waals surface area contributed by atoms with Gasteiger partial charge in [0.05, 0.1) is 12.2 Å². The summed E-state index contributed by atoms with van der Waals surface area (Å²) in [6.07, 6.45) is 2.64. The Kier molecular flexibility index (Phi) is 12.9. The maximum Gasteiger partial charge on any atom is 0.416 e. The van der Waals surface area contributed by atoms with E-state index in [0.29, 0.717) is 29.1 Å². The van der Waals surface area contributed by atoms with Gasteiger partial charge < -0.3 is 14.6 Å². The van der Waals surface area contributed by atoms with Crippen LogP contribution in [0.2, 0.25) is 0 Å². The molecule has 0 heterocycles. The molecule has 0 bridgehead atoms. The van der Waals surface area contributed by atoms with E-state index in [-0.39, 0.29) is 12.6 Å². The highest BCUT2D eigenvalue weighted by atomic mass is 19.4. The van der Waals surface area contributed by atoms with Gasteiger partial charge in [0.2, 0.25) is 0 Å². The van der Waals surface area contributed by atoms with E-state index in [0.717, 1.165) is 31.1 Å². The minimum atomic E-state index is -4.35. The first-order valence-corrected chi connectivity index (χ1v) is 11.2. The molecule has 0 fully saturated rings. The van der Waals surface area contributed by atoms with Crippen LogP contribution in [0.3, 0.4) is 0 Å². The molecule has 190 valence electrons. The Bertz CT molecular complexity index is 962. The molecule has 0 atom stereocenters. The van der Waals surface area contributed by atoms with Crippen molar-refractivity contribution in [3.8, 4) is 5.75 Å². The summed E-state index contributed by atoms with van der Waals surface area (Å²) in [6.45, 7) is 7.98. The predicted octanol–water partition coefficient (Wildman–Crippen LogP) is 7.07. The molecule has 2 aromatic rings. The number of carboxylic acids is 1. The topological polar surface area (TPSA) is 72.8 Å². The Labute approximate surface area is 203 Å². The molecule has 0 saturated carbocycles. The van der Waals surface area contributed by atoms with E-state index in [1.54, 1.807) is 31.2 Å². The minimum absolute atomic E-state index is 0.141. The molecule has 0 aliphatic heterocycles. The van der Waals surface area contributed by atoms with Gasteiger partial charge in [-0.3, -0.25) is 0 Å². The Morgan fingerprint density at radius 2 is 1.63 bits per heavy atom. The number of aliphatic carboxylic acids is 1. The van der Waals surface area contributed by atoms with Crippen LogP contribution in [0.1, 0.15) is 56.2 Å². The number of carbonyl (C=O) groups excluding carboxylic acids is 1. The molecule has 35 heavy (non-hydrogen) atoms. The average molecular weight is 493 g/mol. The number of alkyl halides is 3. The summed E-state index contributed by atoms with van der Waals surface area (Å²) in [5, 5.41) is 8.53. The lowest BCUT2D eigenvalue weighted by Crippen LogP contribution is -2.05. The first kappa shape index (κ1) is 29.5. The van der Waals surface area contributed by atoms with Crippen molar-refractivity contribution in [3.05, 3.63) is 83.4 Å². The Morgan fingerprint density at radius 1 is 1.00 bits per heavy atom. The van der Waals surface area contributed by atoms with Gasteiger partial charge in [0.25, 0.3) is 0 Å². The molecule has 0 amide bonds. The zero-order chi connectivity index (χ0) is 26.3. The lowest BCUT2D eigenvalue weighted by Gasteiger charge is -2.09. The number of hydrogen-bond donors (Lipinski definition) is 1. The number of hydrogen-bond acceptors (Lipinski definition) is 4. The zero-order valence-electron chi connectivity index (χ0n) is 19.9. The van der Waals surface area contributed by atoms with E-state index >= 15 is 0 Å². The number of rotatable bonds is 11. The standard InChI is InChI=1S/C17H13F3O3.C10H18O2/c18-17(19,20)14-6-1-13(2-7-14)11-23-15-8-3-12(4-9-15)5-10-16(21)22;1-4-5-6-7-8-12-10(11)9(2)3/h1-10H,11H2,(H,21,22);2,4-8H2,1,3H3. The second kappa shape index (κ2) is 15.4. The Balaban J connectivity index is 0.000000434. The van der Waals surface area contributed by atoms with Crippen molar-refractivity contribution < 1.29 is 37.3 Å². The summed E-state index contributed by atoms with van der Waals surface area (Å²) in [6, 6.07) is 11.4. The van der Waals surface area contributed by atoms with E-state index in [9.17, 15) is 22.8 Å². The normalized spacial score (nSPS) is 10.9. The van der Waals surface area contributed by atoms with Crippen molar-refractivity contribution in [2.24, 2.45) is 0 Å². The molecule has 2 rings (SSSR count). The maximum absolute atomic E-state index is 12.4. The minimum Gasteiger partial charge on any atom is -0.489 e. The smallest absolute Gasteiger partial charge is 0.416 e. The van der Waals surface area contributed by atoms with Gasteiger partial charge in [-0.15, -0.1) is 0 Å². The molecule has 0 spiro atoms. The number of unbranched alkanes of at least 4 members (excludes halogenated alkanes) is 3. The van der Waals surface area contributed by atoms with Crippen LogP contribution in [0.4, 0.5) is 13.2 Å². The number of benzene rings is 2. The van der Waals surface area contributed by atoms with Gasteiger partial charge in [0, 0.05) is 11.6 Å². The Morgan fingerprint density at radius 3 is 2.14 bits per heavy atom. The molecule has 0 unspecified atom stereocenters. The van der Waals surface area contributed by atoms with E-state index < -0.39 is 17.7 Å². The van der Waals surface area contributed by atoms with Gasteiger partial charge in [0.1, 0.15) is 12.4 Å². The average Bonchev–Trinajstić information content (AvgIpc) is 2.82. The van der Waals surface area contributed by atoms with Gasteiger partial charge in [0.15, 0.2) is 0 Å². The summed E-state index contributed by atoms with van der Waals surface area (Å²) < 4.78 is 47.7. The van der Waals surface area contributed by atoms with Crippen molar-refractivity contribution in [2.75, 3.05) is 6.61 Å². The SMILES string of the molecule is C=C(C)C(=O)OCCCCCC.O=C(O)C=Cc1ccc(OCc2ccc(C(F)(F)F)cc2)cc1. The summed E-state index contributed by atoms with van der Waals surface area (Å²) >= 11 is 0. The molecule has 2 aromatic carbocycles. The molecule has 0 aliphatic carbocycles. The van der Waals surface area contributed by atoms with E-state index in [1.807, 2.05) is 0 Å². The largest absolute Gasteiger partial charge is 0.489 e. The number of halogens is 3. The molecule has 0 radical (unpaired) electrons. The maximum atomic E-state index is 12.4. The third-order valence-corrected chi connectivity index (χ3v) is 4.56. The van der Waals surface area contributed by atoms with E-state index in [4.69, 9.17) is 14.6 Å². The fourth-order valence-corrected chi connectivity index (χ4v) is 2.62. The second-order valence-electron chi connectivity index (χ2n) is 7.70. The first-order chi connectivity index (χ1) is 16.5. The number of carboxylic acid groups (broad SMARTS) is 1. The molecule has 0 aromatic heterocycles. The fraction of sp³-hybridized carbons (Fsp3) is 0.333. The van der Waals surface area contributed by atoms with Gasteiger partial charge in [-0.1, -0.05) is 57.0 Å². The third-order valence-electron chi connectivity index (χ3n) is 4.56. The molecule has 1 N–H and O–H groups in total. The van der Waals surface area contributed by atoms with Crippen molar-refractivity contribution in [1.82, 2.24) is 0 Å². The highest BCUT2D eigenvalue weighted by Crippen LogP contribution is 2.29. The van der Waals surface area contributed by atoms with Crippen LogP contribution in [0, 0.1) is 0 Å². The summed E-state index contributed by atoms with van der Waals surface area (Å²) in [5.41, 5.74) is 1.10. The van der Waals surface area contributed by atoms with Crippen molar-refractivity contribution in [1.29, 1.82) is 0 Å². The quantitative estimate of drug-likeness (QED) is 0.206. The summed E-state index contributed by atoms with van der Waals surface area (Å²) in [4.78, 5) is 21.3. The molecule has 5 nitrogen and oxygen atoms in total. The van der Waals surface area contributed by atoms with Crippen LogP contribution in [-0.2, 0) is 27.1 Å². The summed E-state index contributed by atoms with van der Waals surface area (Å²) in [5.74, 6) is -0.767. The van der Waals surface area contributed by atoms with Crippen molar-refractivity contribution in [3.63, 3.8) is 0 Å². The Hall–Kier alpha value is -3.55. The molecular formula is C27H31F3O5. The van der Waals surface area contributed by atoms with Crippen LogP contribution in [-0.4, -0.2) is 23.7 Å². The number of ether oxygens (including phenoxy) is 2. The van der Waals surface area contributed by atoms with Gasteiger partial charge in [-0.25, -0.2) is 9.59 Å². The van der Waals surface area contributed by atoms with Crippen LogP contribution >= 0.6 is 0 Å². The highest BCUT2D eigenvalue weighted by molar-refractivity contribution is 5.87. The second-order valence-corrected chi connectivity index (χ2v) is 7.70. The van der Waals surface area contributed by atoms with E-state index in [1.165, 1.54) is 31.1 Å². The predicted molar refractivity (Wildman–Crippen MR) is 129 cm³/mol. The molecule has 0 aliphatic rings. The van der Waals surface area contributed by atoms with Crippen molar-refractivity contribution in [2.45, 2.75) is 52.3 Å². The number of esters is 1. The van der Waals surface area contributed by atoms with Gasteiger partial charge in [-0.05, 0) is 54.8 Å². The highest BCUT2D eigenvalue weighted by Gasteiger charge is 2.29. The zero-order valence-corrected chi connectivity index (χ0v) is 19.9. The lowest BCUT2D eigenvalue weighted by atomic mass is 10.1. The first-order valence-electron chi connectivity index (χ1n) is 11.2. The van der Waals surface area contributed by atoms with Crippen LogP contribution in [0.25, 0.3) is 6.08 Å².